The maximum Gasteiger partial charge on any atom is 0.353 e. The van der Waals surface area contributed by atoms with Crippen LogP contribution in [-0.4, -0.2) is 16.7 Å². The Hall–Kier alpha value is -3.06. The largest absolute Gasteiger partial charge is 0.422 e. The molecule has 0 radical (unpaired) electrons. The van der Waals surface area contributed by atoms with E-state index in [-0.39, 0.29) is 11.5 Å². The minimum absolute atomic E-state index is 0.0277. The van der Waals surface area contributed by atoms with Crippen LogP contribution in [0.1, 0.15) is 27.0 Å². The van der Waals surface area contributed by atoms with E-state index in [1.165, 1.54) is 30.4 Å². The topological polar surface area (TPSA) is 86.5 Å². The Kier molecular flexibility index (Phi) is 4.09. The summed E-state index contributed by atoms with van der Waals surface area (Å²) in [5.41, 5.74) is 0.504. The molecule has 0 fully saturated rings. The van der Waals surface area contributed by atoms with Gasteiger partial charge in [-0.1, -0.05) is 0 Å². The van der Waals surface area contributed by atoms with Gasteiger partial charge in [0.25, 0.3) is 5.69 Å². The van der Waals surface area contributed by atoms with E-state index in [4.69, 9.17) is 4.74 Å². The van der Waals surface area contributed by atoms with Crippen LogP contribution in [0.25, 0.3) is 10.1 Å². The average molecular weight is 341 g/mol. The van der Waals surface area contributed by atoms with Gasteiger partial charge in [-0.2, -0.15) is 0 Å². The van der Waals surface area contributed by atoms with E-state index in [9.17, 15) is 19.7 Å². The average Bonchev–Trinajstić information content (AvgIpc) is 2.98. The molecule has 0 aliphatic carbocycles. The summed E-state index contributed by atoms with van der Waals surface area (Å²) in [5.74, 6) is -0.290. The van der Waals surface area contributed by atoms with E-state index < -0.39 is 10.9 Å². The van der Waals surface area contributed by atoms with Crippen LogP contribution < -0.4 is 4.74 Å². The maximum atomic E-state index is 12.2. The number of hydrogen-bond donors (Lipinski definition) is 0. The molecular weight excluding hydrogens is 330 g/mol. The smallest absolute Gasteiger partial charge is 0.353 e. The van der Waals surface area contributed by atoms with Crippen LogP contribution in [0.2, 0.25) is 0 Å². The van der Waals surface area contributed by atoms with Crippen LogP contribution in [0, 0.1) is 10.1 Å². The standard InChI is InChI=1S/C17H11NO5S/c1-10(19)11-2-5-14(6-3-11)23-17(20)16-9-12-8-13(18(21)22)4-7-15(12)24-16/h2-9H,1H3. The predicted molar refractivity (Wildman–Crippen MR) is 89.9 cm³/mol. The Labute approximate surface area is 140 Å². The molecule has 1 aromatic heterocycles. The lowest BCUT2D eigenvalue weighted by Crippen LogP contribution is -2.06. The van der Waals surface area contributed by atoms with Crippen LogP contribution in [-0.2, 0) is 0 Å². The van der Waals surface area contributed by atoms with Gasteiger partial charge in [-0.25, -0.2) is 4.79 Å². The van der Waals surface area contributed by atoms with Crippen LogP contribution in [0.3, 0.4) is 0 Å². The summed E-state index contributed by atoms with van der Waals surface area (Å²) in [6.45, 7) is 1.46. The van der Waals surface area contributed by atoms with Crippen molar-refractivity contribution in [1.82, 2.24) is 0 Å². The van der Waals surface area contributed by atoms with Crippen LogP contribution in [0.15, 0.2) is 48.5 Å². The third-order valence-electron chi connectivity index (χ3n) is 3.38. The van der Waals surface area contributed by atoms with Gasteiger partial charge in [-0.15, -0.1) is 11.3 Å². The lowest BCUT2D eigenvalue weighted by atomic mass is 10.1. The first-order chi connectivity index (χ1) is 11.4. The number of fused-ring (bicyclic) bond motifs is 1. The van der Waals surface area contributed by atoms with Gasteiger partial charge in [0.1, 0.15) is 10.6 Å². The number of hydrogen-bond acceptors (Lipinski definition) is 6. The number of Topliss-reactive ketones (excluding diaryl/α,β-unsaturated/α-hetero) is 1. The highest BCUT2D eigenvalue weighted by atomic mass is 32.1. The molecule has 120 valence electrons. The SMILES string of the molecule is CC(=O)c1ccc(OC(=O)c2cc3cc([N+](=O)[O-])ccc3s2)cc1. The quantitative estimate of drug-likeness (QED) is 0.233. The van der Waals surface area contributed by atoms with Crippen molar-refractivity contribution in [3.8, 4) is 5.75 Å². The Morgan fingerprint density at radius 2 is 1.79 bits per heavy atom. The highest BCUT2D eigenvalue weighted by Crippen LogP contribution is 2.29. The molecule has 6 nitrogen and oxygen atoms in total. The van der Waals surface area contributed by atoms with E-state index in [0.29, 0.717) is 21.6 Å². The number of nitro benzene ring substituents is 1. The molecule has 2 aromatic carbocycles. The summed E-state index contributed by atoms with van der Waals surface area (Å²) in [7, 11) is 0. The number of thiophene rings is 1. The molecule has 0 spiro atoms. The van der Waals surface area contributed by atoms with Gasteiger partial charge in [0.05, 0.1) is 4.92 Å². The Balaban J connectivity index is 1.83. The summed E-state index contributed by atoms with van der Waals surface area (Å²) in [6, 6.07) is 12.3. The van der Waals surface area contributed by atoms with Gasteiger partial charge in [0.2, 0.25) is 0 Å². The predicted octanol–water partition coefficient (Wildman–Crippen LogP) is 4.23. The second-order valence-electron chi connectivity index (χ2n) is 5.06. The van der Waals surface area contributed by atoms with Crippen LogP contribution >= 0.6 is 11.3 Å². The highest BCUT2D eigenvalue weighted by Gasteiger charge is 2.15. The zero-order valence-corrected chi connectivity index (χ0v) is 13.3. The van der Waals surface area contributed by atoms with Gasteiger partial charge in [-0.3, -0.25) is 14.9 Å². The Morgan fingerprint density at radius 1 is 1.08 bits per heavy atom. The van der Waals surface area contributed by atoms with Gasteiger partial charge >= 0.3 is 5.97 Å². The zero-order valence-electron chi connectivity index (χ0n) is 12.5. The van der Waals surface area contributed by atoms with E-state index in [0.717, 1.165) is 4.70 Å². The van der Waals surface area contributed by atoms with Crippen LogP contribution in [0.4, 0.5) is 5.69 Å². The normalized spacial score (nSPS) is 10.5. The fourth-order valence-electron chi connectivity index (χ4n) is 2.16. The Morgan fingerprint density at radius 3 is 2.42 bits per heavy atom. The number of rotatable bonds is 4. The number of esters is 1. The molecule has 0 unspecified atom stereocenters. The summed E-state index contributed by atoms with van der Waals surface area (Å²) >= 11 is 1.20. The van der Waals surface area contributed by atoms with E-state index >= 15 is 0 Å². The zero-order chi connectivity index (χ0) is 17.3. The number of carbonyl (C=O) groups excluding carboxylic acids is 2. The third kappa shape index (κ3) is 3.16. The number of ether oxygens (including phenoxy) is 1. The molecular formula is C17H11NO5S. The molecule has 0 saturated heterocycles. The number of non-ortho nitro benzene ring substituents is 1. The summed E-state index contributed by atoms with van der Waals surface area (Å²) in [6.07, 6.45) is 0. The van der Waals surface area contributed by atoms with Gasteiger partial charge in [0, 0.05) is 27.8 Å². The number of nitro groups is 1. The lowest BCUT2D eigenvalue weighted by molar-refractivity contribution is -0.384. The minimum atomic E-state index is -0.547. The molecule has 7 heteroatoms. The second-order valence-corrected chi connectivity index (χ2v) is 6.14. The van der Waals surface area contributed by atoms with Gasteiger partial charge < -0.3 is 4.74 Å². The summed E-state index contributed by atoms with van der Waals surface area (Å²) < 4.78 is 6.03. The lowest BCUT2D eigenvalue weighted by Gasteiger charge is -2.03. The Bertz CT molecular complexity index is 959. The third-order valence-corrected chi connectivity index (χ3v) is 4.48. The van der Waals surface area contributed by atoms with Crippen LogP contribution in [0.5, 0.6) is 5.75 Å². The fourth-order valence-corrected chi connectivity index (χ4v) is 3.08. The van der Waals surface area contributed by atoms with E-state index in [1.54, 1.807) is 36.4 Å². The van der Waals surface area contributed by atoms with Crippen molar-refractivity contribution in [3.05, 3.63) is 69.1 Å². The molecule has 3 rings (SSSR count). The molecule has 0 saturated carbocycles. The van der Waals surface area contributed by atoms with Gasteiger partial charge in [0.15, 0.2) is 5.78 Å². The van der Waals surface area contributed by atoms with Crippen molar-refractivity contribution in [3.63, 3.8) is 0 Å². The molecule has 0 aliphatic rings. The van der Waals surface area contributed by atoms with Crippen molar-refractivity contribution >= 4 is 38.9 Å². The van der Waals surface area contributed by atoms with Crippen molar-refractivity contribution in [1.29, 1.82) is 0 Å². The second kappa shape index (κ2) is 6.21. The van der Waals surface area contributed by atoms with Gasteiger partial charge in [-0.05, 0) is 43.3 Å². The number of nitrogens with zero attached hydrogens (tertiary/aromatic N) is 1. The fraction of sp³-hybridized carbons (Fsp3) is 0.0588. The van der Waals surface area contributed by atoms with Crippen molar-refractivity contribution in [2.75, 3.05) is 0 Å². The number of benzene rings is 2. The molecule has 0 atom stereocenters. The molecule has 24 heavy (non-hydrogen) atoms. The minimum Gasteiger partial charge on any atom is -0.422 e. The molecule has 0 amide bonds. The first-order valence-electron chi connectivity index (χ1n) is 6.95. The van der Waals surface area contributed by atoms with Crippen molar-refractivity contribution < 1.29 is 19.2 Å². The summed E-state index contributed by atoms with van der Waals surface area (Å²) in [5, 5.41) is 11.4. The molecule has 0 N–H and O–H groups in total. The monoisotopic (exact) mass is 341 g/mol. The molecule has 0 aliphatic heterocycles. The molecule has 1 heterocycles. The number of ketones is 1. The molecule has 0 bridgehead atoms. The maximum absolute atomic E-state index is 12.2. The first kappa shape index (κ1) is 15.8. The van der Waals surface area contributed by atoms with Crippen molar-refractivity contribution in [2.24, 2.45) is 0 Å². The van der Waals surface area contributed by atoms with E-state index in [1.807, 2.05) is 0 Å². The first-order valence-corrected chi connectivity index (χ1v) is 7.77. The number of carbonyl (C=O) groups is 2. The van der Waals surface area contributed by atoms with E-state index in [2.05, 4.69) is 0 Å². The summed E-state index contributed by atoms with van der Waals surface area (Å²) in [4.78, 5) is 34.1. The highest BCUT2D eigenvalue weighted by molar-refractivity contribution is 7.20. The molecule has 3 aromatic rings. The van der Waals surface area contributed by atoms with Crippen molar-refractivity contribution in [2.45, 2.75) is 6.92 Å².